The van der Waals surface area contributed by atoms with Gasteiger partial charge in [-0.2, -0.15) is 9.50 Å². The summed E-state index contributed by atoms with van der Waals surface area (Å²) in [5, 5.41) is 4.47. The summed E-state index contributed by atoms with van der Waals surface area (Å²) in [4.78, 5) is 11.4. The summed E-state index contributed by atoms with van der Waals surface area (Å²) in [6.45, 7) is 1.95. The summed E-state index contributed by atoms with van der Waals surface area (Å²) >= 11 is 3.52. The first-order valence-electron chi connectivity index (χ1n) is 10.6. The summed E-state index contributed by atoms with van der Waals surface area (Å²) in [6, 6.07) is 16.2. The minimum Gasteiger partial charge on any atom is -0.497 e. The average Bonchev–Trinajstić information content (AvgIpc) is 3.25. The number of benzene rings is 2. The fraction of sp³-hybridized carbons (Fsp3) is 0.292. The second-order valence-corrected chi connectivity index (χ2v) is 8.24. The van der Waals surface area contributed by atoms with E-state index in [2.05, 4.69) is 30.9 Å². The van der Waals surface area contributed by atoms with E-state index in [9.17, 15) is 0 Å². The highest BCUT2D eigenvalue weighted by molar-refractivity contribution is 9.10. The highest BCUT2D eigenvalue weighted by Crippen LogP contribution is 2.27. The van der Waals surface area contributed by atoms with E-state index in [-0.39, 0.29) is 6.01 Å². The Labute approximate surface area is 206 Å². The molecule has 178 valence electrons. The number of anilines is 1. The lowest BCUT2D eigenvalue weighted by molar-refractivity contribution is 0.140. The standard InChI is InChI=1S/C24H26BrN5O4/c1-31-12-13-34-24-27-23(22-26-14-21(25)30(22)28-24)29(15-17-4-8-19(32-2)9-5-17)16-18-6-10-20(33-3)11-7-18/h4-11,14H,12-13,15-16H2,1-3H3. The molecule has 9 nitrogen and oxygen atoms in total. The SMILES string of the molecule is COCCOc1nc(N(Cc2ccc(OC)cc2)Cc2ccc(OC)cc2)c2ncc(Br)n2n1. The van der Waals surface area contributed by atoms with E-state index < -0.39 is 0 Å². The highest BCUT2D eigenvalue weighted by atomic mass is 79.9. The van der Waals surface area contributed by atoms with Crippen molar-refractivity contribution in [1.82, 2.24) is 19.6 Å². The number of fused-ring (bicyclic) bond motifs is 1. The molecule has 4 aromatic rings. The van der Waals surface area contributed by atoms with Crippen LogP contribution in [0.3, 0.4) is 0 Å². The highest BCUT2D eigenvalue weighted by Gasteiger charge is 2.20. The lowest BCUT2D eigenvalue weighted by Crippen LogP contribution is -2.25. The largest absolute Gasteiger partial charge is 0.497 e. The lowest BCUT2D eigenvalue weighted by Gasteiger charge is -2.25. The van der Waals surface area contributed by atoms with Gasteiger partial charge in [-0.3, -0.25) is 0 Å². The van der Waals surface area contributed by atoms with Crippen molar-refractivity contribution in [3.63, 3.8) is 0 Å². The zero-order valence-electron chi connectivity index (χ0n) is 19.3. The zero-order valence-corrected chi connectivity index (χ0v) is 20.9. The molecule has 0 atom stereocenters. The van der Waals surface area contributed by atoms with Crippen LogP contribution in [0.25, 0.3) is 5.65 Å². The van der Waals surface area contributed by atoms with Crippen LogP contribution in [0.4, 0.5) is 5.82 Å². The Bertz CT molecular complexity index is 1170. The van der Waals surface area contributed by atoms with E-state index in [1.54, 1.807) is 32.0 Å². The first kappa shape index (κ1) is 23.8. The van der Waals surface area contributed by atoms with Crippen molar-refractivity contribution in [3.8, 4) is 17.5 Å². The molecule has 4 rings (SSSR count). The normalized spacial score (nSPS) is 10.9. The molecule has 10 heteroatoms. The van der Waals surface area contributed by atoms with Crippen molar-refractivity contribution < 1.29 is 18.9 Å². The number of imidazole rings is 1. The van der Waals surface area contributed by atoms with Gasteiger partial charge < -0.3 is 23.8 Å². The van der Waals surface area contributed by atoms with Crippen LogP contribution in [0.2, 0.25) is 0 Å². The molecular formula is C24H26BrN5O4. The van der Waals surface area contributed by atoms with Crippen LogP contribution in [0, 0.1) is 0 Å². The molecule has 0 unspecified atom stereocenters. The number of ether oxygens (including phenoxy) is 4. The smallest absolute Gasteiger partial charge is 0.336 e. The third-order valence-corrected chi connectivity index (χ3v) is 5.71. The Morgan fingerprint density at radius 2 is 1.44 bits per heavy atom. The first-order valence-corrected chi connectivity index (χ1v) is 11.4. The second-order valence-electron chi connectivity index (χ2n) is 7.43. The summed E-state index contributed by atoms with van der Waals surface area (Å²) < 4.78 is 23.8. The van der Waals surface area contributed by atoms with Crippen molar-refractivity contribution in [1.29, 1.82) is 0 Å². The molecule has 0 amide bonds. The fourth-order valence-electron chi connectivity index (χ4n) is 3.42. The van der Waals surface area contributed by atoms with Gasteiger partial charge in [-0.15, -0.1) is 5.10 Å². The fourth-order valence-corrected chi connectivity index (χ4v) is 3.77. The molecule has 0 radical (unpaired) electrons. The second kappa shape index (κ2) is 11.2. The minimum absolute atomic E-state index is 0.243. The Kier molecular flexibility index (Phi) is 7.81. The molecule has 0 bridgehead atoms. The van der Waals surface area contributed by atoms with Crippen LogP contribution >= 0.6 is 15.9 Å². The number of hydrogen-bond donors (Lipinski definition) is 0. The van der Waals surface area contributed by atoms with Gasteiger partial charge in [0.25, 0.3) is 0 Å². The van der Waals surface area contributed by atoms with E-state index in [1.807, 2.05) is 48.5 Å². The van der Waals surface area contributed by atoms with E-state index in [4.69, 9.17) is 23.9 Å². The van der Waals surface area contributed by atoms with Gasteiger partial charge in [0.1, 0.15) is 22.7 Å². The number of aromatic nitrogens is 4. The molecule has 0 N–H and O–H groups in total. The van der Waals surface area contributed by atoms with Gasteiger partial charge in [0.15, 0.2) is 11.5 Å². The van der Waals surface area contributed by atoms with Crippen molar-refractivity contribution in [3.05, 3.63) is 70.5 Å². The predicted octanol–water partition coefficient (Wildman–Crippen LogP) is 4.14. The monoisotopic (exact) mass is 527 g/mol. The van der Waals surface area contributed by atoms with Crippen molar-refractivity contribution in [2.75, 3.05) is 39.4 Å². The number of rotatable bonds is 11. The Morgan fingerprint density at radius 3 is 1.97 bits per heavy atom. The first-order chi connectivity index (χ1) is 16.6. The predicted molar refractivity (Wildman–Crippen MR) is 132 cm³/mol. The van der Waals surface area contributed by atoms with Gasteiger partial charge in [-0.25, -0.2) is 4.98 Å². The number of halogens is 1. The average molecular weight is 528 g/mol. The van der Waals surface area contributed by atoms with Gasteiger partial charge >= 0.3 is 6.01 Å². The molecule has 2 aromatic heterocycles. The molecule has 0 saturated heterocycles. The van der Waals surface area contributed by atoms with Crippen LogP contribution in [-0.2, 0) is 17.8 Å². The van der Waals surface area contributed by atoms with E-state index in [1.165, 1.54) is 0 Å². The summed E-state index contributed by atoms with van der Waals surface area (Å²) in [6.07, 6.45) is 1.70. The maximum atomic E-state index is 5.75. The van der Waals surface area contributed by atoms with Crippen LogP contribution < -0.4 is 19.1 Å². The summed E-state index contributed by atoms with van der Waals surface area (Å²) in [5.74, 6) is 2.27. The van der Waals surface area contributed by atoms with Crippen LogP contribution in [0.1, 0.15) is 11.1 Å². The van der Waals surface area contributed by atoms with Crippen LogP contribution in [0.5, 0.6) is 17.5 Å². The molecule has 0 aliphatic rings. The third kappa shape index (κ3) is 5.57. The van der Waals surface area contributed by atoms with Crippen molar-refractivity contribution in [2.45, 2.75) is 13.1 Å². The number of methoxy groups -OCH3 is 3. The van der Waals surface area contributed by atoms with Crippen molar-refractivity contribution in [2.24, 2.45) is 0 Å². The Hall–Kier alpha value is -3.37. The van der Waals surface area contributed by atoms with Gasteiger partial charge in [0.2, 0.25) is 0 Å². The minimum atomic E-state index is 0.243. The van der Waals surface area contributed by atoms with E-state index in [0.717, 1.165) is 22.6 Å². The molecule has 0 saturated carbocycles. The van der Waals surface area contributed by atoms with Gasteiger partial charge in [-0.05, 0) is 51.3 Å². The molecule has 2 heterocycles. The Balaban J connectivity index is 1.73. The number of nitrogens with zero attached hydrogens (tertiary/aromatic N) is 5. The van der Waals surface area contributed by atoms with Gasteiger partial charge in [0.05, 0.1) is 27.0 Å². The molecular weight excluding hydrogens is 502 g/mol. The third-order valence-electron chi connectivity index (χ3n) is 5.17. The molecule has 2 aromatic carbocycles. The molecule has 0 aliphatic carbocycles. The number of hydrogen-bond acceptors (Lipinski definition) is 8. The van der Waals surface area contributed by atoms with Gasteiger partial charge in [0, 0.05) is 20.2 Å². The maximum absolute atomic E-state index is 5.75. The molecule has 34 heavy (non-hydrogen) atoms. The summed E-state index contributed by atoms with van der Waals surface area (Å²) in [7, 11) is 4.94. The lowest BCUT2D eigenvalue weighted by atomic mass is 10.1. The maximum Gasteiger partial charge on any atom is 0.336 e. The molecule has 0 spiro atoms. The Morgan fingerprint density at radius 1 is 0.853 bits per heavy atom. The van der Waals surface area contributed by atoms with Gasteiger partial charge in [-0.1, -0.05) is 24.3 Å². The zero-order chi connectivity index (χ0) is 23.9. The van der Waals surface area contributed by atoms with Crippen LogP contribution in [-0.4, -0.2) is 54.1 Å². The van der Waals surface area contributed by atoms with E-state index in [0.29, 0.717) is 42.4 Å². The topological polar surface area (TPSA) is 83.2 Å². The van der Waals surface area contributed by atoms with Crippen molar-refractivity contribution >= 4 is 27.4 Å². The quantitative estimate of drug-likeness (QED) is 0.269. The molecule has 0 fully saturated rings. The molecule has 0 aliphatic heterocycles. The summed E-state index contributed by atoms with van der Waals surface area (Å²) in [5.41, 5.74) is 2.81. The van der Waals surface area contributed by atoms with Crippen LogP contribution in [0.15, 0.2) is 59.3 Å². The van der Waals surface area contributed by atoms with E-state index >= 15 is 0 Å².